The van der Waals surface area contributed by atoms with Crippen molar-refractivity contribution in [1.82, 2.24) is 5.32 Å². The maximum Gasteiger partial charge on any atom is 0.262 e. The summed E-state index contributed by atoms with van der Waals surface area (Å²) in [5.74, 6) is -0.0810. The molecule has 0 aliphatic heterocycles. The Kier molecular flexibility index (Phi) is 9.59. The van der Waals surface area contributed by atoms with E-state index in [0.29, 0.717) is 13.0 Å². The maximum absolute atomic E-state index is 11.7. The summed E-state index contributed by atoms with van der Waals surface area (Å²) in [5.41, 5.74) is 0. The Morgan fingerprint density at radius 2 is 2.00 bits per heavy atom. The van der Waals surface area contributed by atoms with Gasteiger partial charge < -0.3 is 10.1 Å². The van der Waals surface area contributed by atoms with Gasteiger partial charge in [-0.1, -0.05) is 39.5 Å². The Bertz CT molecular complexity index is 220. The molecule has 0 fully saturated rings. The lowest BCUT2D eigenvalue weighted by Gasteiger charge is -2.14. The SMILES string of the molecule is C#CO[C@@H](CCCCC)C(=O)NCCCC. The first-order valence-electron chi connectivity index (χ1n) is 6.15. The standard InChI is InChI=1S/C13H23NO2/c1-4-7-9-10-12(16-6-3)13(15)14-11-8-5-2/h3,12H,4-5,7-11H2,1-2H3,(H,14,15)/t12-/m0/s1. The molecule has 0 spiro atoms. The number of carbonyl (C=O) groups excluding carboxylic acids is 1. The van der Waals surface area contributed by atoms with Crippen molar-refractivity contribution in [1.29, 1.82) is 0 Å². The van der Waals surface area contributed by atoms with Gasteiger partial charge in [-0.2, -0.15) is 0 Å². The zero-order chi connectivity index (χ0) is 12.2. The van der Waals surface area contributed by atoms with Gasteiger partial charge in [0.25, 0.3) is 5.91 Å². The monoisotopic (exact) mass is 225 g/mol. The zero-order valence-electron chi connectivity index (χ0n) is 10.4. The van der Waals surface area contributed by atoms with E-state index < -0.39 is 6.10 Å². The fraction of sp³-hybridized carbons (Fsp3) is 0.769. The van der Waals surface area contributed by atoms with Gasteiger partial charge in [-0.25, -0.2) is 0 Å². The normalized spacial score (nSPS) is 11.6. The Morgan fingerprint density at radius 1 is 1.31 bits per heavy atom. The lowest BCUT2D eigenvalue weighted by molar-refractivity contribution is -0.129. The quantitative estimate of drug-likeness (QED) is 0.483. The Labute approximate surface area is 98.9 Å². The van der Waals surface area contributed by atoms with Crippen molar-refractivity contribution in [2.75, 3.05) is 6.54 Å². The van der Waals surface area contributed by atoms with Crippen molar-refractivity contribution < 1.29 is 9.53 Å². The first-order chi connectivity index (χ1) is 7.76. The van der Waals surface area contributed by atoms with E-state index in [0.717, 1.165) is 32.1 Å². The van der Waals surface area contributed by atoms with Crippen molar-refractivity contribution in [3.05, 3.63) is 0 Å². The Morgan fingerprint density at radius 3 is 2.56 bits per heavy atom. The van der Waals surface area contributed by atoms with Crippen molar-refractivity contribution in [3.63, 3.8) is 0 Å². The number of amides is 1. The third kappa shape index (κ3) is 7.17. The van der Waals surface area contributed by atoms with E-state index in [1.165, 1.54) is 0 Å². The number of hydrogen-bond donors (Lipinski definition) is 1. The predicted molar refractivity (Wildman–Crippen MR) is 65.8 cm³/mol. The van der Waals surface area contributed by atoms with Crippen LogP contribution < -0.4 is 5.32 Å². The number of rotatable bonds is 9. The molecule has 0 aliphatic carbocycles. The molecule has 3 heteroatoms. The van der Waals surface area contributed by atoms with Gasteiger partial charge in [0.05, 0.1) is 0 Å². The van der Waals surface area contributed by atoms with E-state index in [1.807, 2.05) is 0 Å². The smallest absolute Gasteiger partial charge is 0.262 e. The van der Waals surface area contributed by atoms with E-state index in [4.69, 9.17) is 11.2 Å². The molecular weight excluding hydrogens is 202 g/mol. The van der Waals surface area contributed by atoms with Crippen LogP contribution in [0.25, 0.3) is 0 Å². The summed E-state index contributed by atoms with van der Waals surface area (Å²) in [6.07, 6.45) is 12.7. The molecule has 0 unspecified atom stereocenters. The highest BCUT2D eigenvalue weighted by Crippen LogP contribution is 2.06. The molecule has 1 N–H and O–H groups in total. The van der Waals surface area contributed by atoms with Crippen LogP contribution in [0.4, 0.5) is 0 Å². The number of terminal acetylenes is 1. The Balaban J connectivity index is 3.88. The number of unbranched alkanes of at least 4 members (excludes halogenated alkanes) is 3. The molecule has 0 aromatic rings. The number of carbonyl (C=O) groups is 1. The van der Waals surface area contributed by atoms with Gasteiger partial charge in [0.2, 0.25) is 0 Å². The largest absolute Gasteiger partial charge is 0.433 e. The molecule has 0 heterocycles. The predicted octanol–water partition coefficient (Wildman–Crippen LogP) is 2.46. The molecule has 0 aromatic carbocycles. The summed E-state index contributed by atoms with van der Waals surface area (Å²) < 4.78 is 5.00. The molecule has 0 radical (unpaired) electrons. The minimum Gasteiger partial charge on any atom is -0.433 e. The van der Waals surface area contributed by atoms with Gasteiger partial charge in [0, 0.05) is 6.54 Å². The first kappa shape index (κ1) is 14.8. The number of hydrogen-bond acceptors (Lipinski definition) is 2. The highest BCUT2D eigenvalue weighted by Gasteiger charge is 2.18. The van der Waals surface area contributed by atoms with Crippen LogP contribution in [0.2, 0.25) is 0 Å². The van der Waals surface area contributed by atoms with Crippen LogP contribution in [0, 0.1) is 12.5 Å². The van der Waals surface area contributed by atoms with Gasteiger partial charge in [-0.05, 0) is 19.3 Å². The number of nitrogens with one attached hydrogen (secondary N) is 1. The molecule has 16 heavy (non-hydrogen) atoms. The fourth-order valence-electron chi connectivity index (χ4n) is 1.41. The van der Waals surface area contributed by atoms with Crippen molar-refractivity contribution in [3.8, 4) is 12.5 Å². The van der Waals surface area contributed by atoms with E-state index in [2.05, 4.69) is 25.3 Å². The first-order valence-corrected chi connectivity index (χ1v) is 6.15. The van der Waals surface area contributed by atoms with Crippen LogP contribution in [0.5, 0.6) is 0 Å². The van der Waals surface area contributed by atoms with Crippen LogP contribution in [0.3, 0.4) is 0 Å². The van der Waals surface area contributed by atoms with Gasteiger partial charge in [-0.3, -0.25) is 4.79 Å². The van der Waals surface area contributed by atoms with Crippen LogP contribution in [0.1, 0.15) is 52.4 Å². The Hall–Kier alpha value is -1.17. The molecule has 0 rings (SSSR count). The summed E-state index contributed by atoms with van der Waals surface area (Å²) in [6.45, 7) is 4.91. The lowest BCUT2D eigenvalue weighted by Crippen LogP contribution is -2.36. The van der Waals surface area contributed by atoms with Crippen LogP contribution in [0.15, 0.2) is 0 Å². The minimum atomic E-state index is -0.478. The molecule has 3 nitrogen and oxygen atoms in total. The molecule has 0 saturated carbocycles. The second-order valence-electron chi connectivity index (χ2n) is 3.86. The fourth-order valence-corrected chi connectivity index (χ4v) is 1.41. The van der Waals surface area contributed by atoms with Crippen molar-refractivity contribution in [2.24, 2.45) is 0 Å². The third-order valence-corrected chi connectivity index (χ3v) is 2.40. The van der Waals surface area contributed by atoms with Gasteiger partial charge in [0.15, 0.2) is 6.10 Å². The molecule has 0 aliphatic rings. The maximum atomic E-state index is 11.7. The summed E-state index contributed by atoms with van der Waals surface area (Å²) in [5, 5.41) is 2.84. The topological polar surface area (TPSA) is 38.3 Å². The zero-order valence-corrected chi connectivity index (χ0v) is 10.4. The second-order valence-corrected chi connectivity index (χ2v) is 3.86. The molecular formula is C13H23NO2. The summed E-state index contributed by atoms with van der Waals surface area (Å²) in [6, 6.07) is 0. The van der Waals surface area contributed by atoms with Crippen LogP contribution in [-0.4, -0.2) is 18.6 Å². The molecule has 0 saturated heterocycles. The average molecular weight is 225 g/mol. The van der Waals surface area contributed by atoms with Crippen molar-refractivity contribution >= 4 is 5.91 Å². The van der Waals surface area contributed by atoms with Gasteiger partial charge in [-0.15, -0.1) is 0 Å². The molecule has 0 bridgehead atoms. The van der Waals surface area contributed by atoms with E-state index >= 15 is 0 Å². The van der Waals surface area contributed by atoms with E-state index in [1.54, 1.807) is 0 Å². The highest BCUT2D eigenvalue weighted by atomic mass is 16.5. The van der Waals surface area contributed by atoms with Crippen LogP contribution in [-0.2, 0) is 9.53 Å². The molecule has 1 atom stereocenters. The molecule has 92 valence electrons. The molecule has 0 aromatic heterocycles. The van der Waals surface area contributed by atoms with E-state index in [9.17, 15) is 4.79 Å². The number of ether oxygens (including phenoxy) is 1. The second kappa shape index (κ2) is 10.4. The minimum absolute atomic E-state index is 0.0810. The van der Waals surface area contributed by atoms with Gasteiger partial charge in [0.1, 0.15) is 6.11 Å². The summed E-state index contributed by atoms with van der Waals surface area (Å²) >= 11 is 0. The summed E-state index contributed by atoms with van der Waals surface area (Å²) in [4.78, 5) is 11.7. The molecule has 1 amide bonds. The summed E-state index contributed by atoms with van der Waals surface area (Å²) in [7, 11) is 0. The van der Waals surface area contributed by atoms with E-state index in [-0.39, 0.29) is 5.91 Å². The lowest BCUT2D eigenvalue weighted by atomic mass is 10.1. The average Bonchev–Trinajstić information content (AvgIpc) is 2.28. The highest BCUT2D eigenvalue weighted by molar-refractivity contribution is 5.80. The van der Waals surface area contributed by atoms with Gasteiger partial charge >= 0.3 is 0 Å². The third-order valence-electron chi connectivity index (χ3n) is 2.40. The van der Waals surface area contributed by atoms with Crippen molar-refractivity contribution in [2.45, 2.75) is 58.5 Å². The van der Waals surface area contributed by atoms with Crippen LogP contribution >= 0.6 is 0 Å².